The maximum absolute atomic E-state index is 12.3. The Labute approximate surface area is 128 Å². The second-order valence-electron chi connectivity index (χ2n) is 5.50. The summed E-state index contributed by atoms with van der Waals surface area (Å²) in [7, 11) is 1.82. The molecule has 118 valence electrons. The average Bonchev–Trinajstić information content (AvgIpc) is 2.82. The number of rotatable bonds is 5. The smallest absolute Gasteiger partial charge is 0.296 e. The van der Waals surface area contributed by atoms with Gasteiger partial charge in [-0.2, -0.15) is 4.98 Å². The van der Waals surface area contributed by atoms with Crippen LogP contribution in [0.25, 0.3) is 0 Å². The third-order valence-corrected chi connectivity index (χ3v) is 3.88. The van der Waals surface area contributed by atoms with Crippen LogP contribution < -0.4 is 4.74 Å². The standard InChI is InChI=1S/C16H19F2N3O/c1-20-14-7-8-21(9-12-5-3-2-4-6-12)10-13(14)19-16(20)22-11-15(17)18/h2-6,15H,7-11H2,1H3. The first kappa shape index (κ1) is 15.0. The Bertz CT molecular complexity index is 628. The Kier molecular flexibility index (Phi) is 4.38. The number of halogens is 2. The molecule has 0 atom stereocenters. The lowest BCUT2D eigenvalue weighted by atomic mass is 10.1. The largest absolute Gasteiger partial charge is 0.459 e. The molecule has 0 fully saturated rings. The molecule has 0 radical (unpaired) electrons. The van der Waals surface area contributed by atoms with Gasteiger partial charge >= 0.3 is 0 Å². The molecule has 1 aromatic heterocycles. The highest BCUT2D eigenvalue weighted by molar-refractivity contribution is 5.23. The maximum atomic E-state index is 12.3. The van der Waals surface area contributed by atoms with Crippen LogP contribution in [0.15, 0.2) is 30.3 Å². The highest BCUT2D eigenvalue weighted by Crippen LogP contribution is 2.24. The number of imidazole rings is 1. The first-order valence-corrected chi connectivity index (χ1v) is 7.35. The Morgan fingerprint density at radius 1 is 1.27 bits per heavy atom. The number of hydrogen-bond donors (Lipinski definition) is 0. The van der Waals surface area contributed by atoms with E-state index in [4.69, 9.17) is 4.74 Å². The summed E-state index contributed by atoms with van der Waals surface area (Å²) < 4.78 is 31.4. The number of alkyl halides is 2. The van der Waals surface area contributed by atoms with Crippen LogP contribution in [-0.4, -0.2) is 34.0 Å². The summed E-state index contributed by atoms with van der Waals surface area (Å²) in [4.78, 5) is 6.69. The molecule has 4 nitrogen and oxygen atoms in total. The number of aromatic nitrogens is 2. The molecule has 0 unspecified atom stereocenters. The number of benzene rings is 1. The minimum atomic E-state index is -2.48. The summed E-state index contributed by atoms with van der Waals surface area (Å²) in [5.41, 5.74) is 3.26. The highest BCUT2D eigenvalue weighted by Gasteiger charge is 2.23. The van der Waals surface area contributed by atoms with Crippen LogP contribution in [0.4, 0.5) is 8.78 Å². The van der Waals surface area contributed by atoms with Gasteiger partial charge in [0.15, 0.2) is 6.61 Å². The van der Waals surface area contributed by atoms with E-state index < -0.39 is 13.0 Å². The molecule has 0 saturated carbocycles. The fourth-order valence-corrected chi connectivity index (χ4v) is 2.80. The Balaban J connectivity index is 1.69. The molecule has 22 heavy (non-hydrogen) atoms. The van der Waals surface area contributed by atoms with Gasteiger partial charge in [0.25, 0.3) is 12.4 Å². The minimum absolute atomic E-state index is 0.284. The van der Waals surface area contributed by atoms with Crippen molar-refractivity contribution in [1.29, 1.82) is 0 Å². The van der Waals surface area contributed by atoms with Crippen molar-refractivity contribution < 1.29 is 13.5 Å². The summed E-state index contributed by atoms with van der Waals surface area (Å²) in [6, 6.07) is 10.6. The summed E-state index contributed by atoms with van der Waals surface area (Å²) in [5.74, 6) is 0. The molecule has 6 heteroatoms. The molecule has 1 aromatic carbocycles. The molecular weight excluding hydrogens is 288 g/mol. The van der Waals surface area contributed by atoms with Gasteiger partial charge in [-0.25, -0.2) is 8.78 Å². The summed E-state index contributed by atoms with van der Waals surface area (Å²) >= 11 is 0. The van der Waals surface area contributed by atoms with E-state index in [9.17, 15) is 8.78 Å². The normalized spacial score (nSPS) is 15.1. The summed E-state index contributed by atoms with van der Waals surface area (Å²) in [6.45, 7) is 1.90. The molecule has 1 aliphatic rings. The number of nitrogens with zero attached hydrogens (tertiary/aromatic N) is 3. The monoisotopic (exact) mass is 307 g/mol. The molecular formula is C16H19F2N3O. The number of hydrogen-bond acceptors (Lipinski definition) is 3. The van der Waals surface area contributed by atoms with E-state index in [1.54, 1.807) is 4.57 Å². The maximum Gasteiger partial charge on any atom is 0.296 e. The Hall–Kier alpha value is -1.95. The van der Waals surface area contributed by atoms with Crippen molar-refractivity contribution in [2.45, 2.75) is 25.9 Å². The predicted molar refractivity (Wildman–Crippen MR) is 79.0 cm³/mol. The molecule has 0 bridgehead atoms. The zero-order valence-electron chi connectivity index (χ0n) is 12.5. The lowest BCUT2D eigenvalue weighted by Crippen LogP contribution is -2.30. The van der Waals surface area contributed by atoms with Gasteiger partial charge < -0.3 is 9.30 Å². The van der Waals surface area contributed by atoms with Gasteiger partial charge in [0.1, 0.15) is 0 Å². The van der Waals surface area contributed by atoms with Crippen LogP contribution in [0.3, 0.4) is 0 Å². The molecule has 0 amide bonds. The van der Waals surface area contributed by atoms with E-state index in [0.717, 1.165) is 37.4 Å². The second-order valence-corrected chi connectivity index (χ2v) is 5.50. The van der Waals surface area contributed by atoms with Crippen LogP contribution in [0, 0.1) is 0 Å². The molecule has 0 aliphatic carbocycles. The van der Waals surface area contributed by atoms with Crippen LogP contribution in [0.2, 0.25) is 0 Å². The van der Waals surface area contributed by atoms with Crippen molar-refractivity contribution >= 4 is 0 Å². The first-order valence-electron chi connectivity index (χ1n) is 7.35. The van der Waals surface area contributed by atoms with E-state index in [0.29, 0.717) is 0 Å². The average molecular weight is 307 g/mol. The zero-order chi connectivity index (χ0) is 15.5. The Morgan fingerprint density at radius 3 is 2.77 bits per heavy atom. The van der Waals surface area contributed by atoms with Gasteiger partial charge in [-0.3, -0.25) is 4.90 Å². The Morgan fingerprint density at radius 2 is 2.05 bits per heavy atom. The van der Waals surface area contributed by atoms with Gasteiger partial charge in [-0.15, -0.1) is 0 Å². The SMILES string of the molecule is Cn1c(OCC(F)F)nc2c1CCN(Cc1ccccc1)C2. The minimum Gasteiger partial charge on any atom is -0.459 e. The summed E-state index contributed by atoms with van der Waals surface area (Å²) in [6.07, 6.45) is -1.63. The lowest BCUT2D eigenvalue weighted by molar-refractivity contribution is 0.0754. The first-order chi connectivity index (χ1) is 10.6. The van der Waals surface area contributed by atoms with Gasteiger partial charge in [0, 0.05) is 38.8 Å². The molecule has 0 spiro atoms. The van der Waals surface area contributed by atoms with Gasteiger partial charge in [-0.05, 0) is 5.56 Å². The van der Waals surface area contributed by atoms with Crippen molar-refractivity contribution in [2.24, 2.45) is 7.05 Å². The van der Waals surface area contributed by atoms with Crippen LogP contribution in [-0.2, 0) is 26.6 Å². The van der Waals surface area contributed by atoms with E-state index >= 15 is 0 Å². The van der Waals surface area contributed by atoms with Gasteiger partial charge in [0.05, 0.1) is 5.69 Å². The fourth-order valence-electron chi connectivity index (χ4n) is 2.80. The van der Waals surface area contributed by atoms with Crippen molar-refractivity contribution in [3.63, 3.8) is 0 Å². The van der Waals surface area contributed by atoms with Crippen molar-refractivity contribution in [3.05, 3.63) is 47.3 Å². The zero-order valence-corrected chi connectivity index (χ0v) is 12.5. The van der Waals surface area contributed by atoms with Crippen molar-refractivity contribution in [1.82, 2.24) is 14.5 Å². The van der Waals surface area contributed by atoms with Gasteiger partial charge in [-0.1, -0.05) is 30.3 Å². The molecule has 2 aromatic rings. The van der Waals surface area contributed by atoms with Crippen LogP contribution >= 0.6 is 0 Å². The molecule has 2 heterocycles. The predicted octanol–water partition coefficient (Wildman–Crippen LogP) is 2.62. The lowest BCUT2D eigenvalue weighted by Gasteiger charge is -2.26. The highest BCUT2D eigenvalue weighted by atomic mass is 19.3. The van der Waals surface area contributed by atoms with Crippen molar-refractivity contribution in [3.8, 4) is 6.01 Å². The fraction of sp³-hybridized carbons (Fsp3) is 0.438. The van der Waals surface area contributed by atoms with Crippen LogP contribution in [0.1, 0.15) is 17.0 Å². The van der Waals surface area contributed by atoms with E-state index in [2.05, 4.69) is 22.0 Å². The molecule has 3 rings (SSSR count). The van der Waals surface area contributed by atoms with E-state index in [1.807, 2.05) is 25.2 Å². The molecule has 1 aliphatic heterocycles. The number of ether oxygens (including phenoxy) is 1. The van der Waals surface area contributed by atoms with E-state index in [1.165, 1.54) is 5.56 Å². The summed E-state index contributed by atoms with van der Waals surface area (Å²) in [5, 5.41) is 0. The third-order valence-electron chi connectivity index (χ3n) is 3.88. The molecule has 0 saturated heterocycles. The quantitative estimate of drug-likeness (QED) is 0.850. The molecule has 0 N–H and O–H groups in total. The van der Waals surface area contributed by atoms with Gasteiger partial charge in [0.2, 0.25) is 0 Å². The van der Waals surface area contributed by atoms with E-state index in [-0.39, 0.29) is 6.01 Å². The second kappa shape index (κ2) is 6.44. The topological polar surface area (TPSA) is 30.3 Å². The third kappa shape index (κ3) is 3.27. The number of fused-ring (bicyclic) bond motifs is 1. The van der Waals surface area contributed by atoms with Crippen molar-refractivity contribution in [2.75, 3.05) is 13.2 Å². The van der Waals surface area contributed by atoms with Crippen LogP contribution in [0.5, 0.6) is 6.01 Å².